The molecule has 0 aliphatic rings. The number of nitrogens with two attached hydrogens (primary N) is 1. The Morgan fingerprint density at radius 3 is 2.55 bits per heavy atom. The molecule has 0 fully saturated rings. The number of benzene rings is 2. The van der Waals surface area contributed by atoms with Crippen LogP contribution in [0.5, 0.6) is 11.5 Å². The highest BCUT2D eigenvalue weighted by Gasteiger charge is 2.10. The number of phenols is 1. The number of aromatic nitrogens is 2. The van der Waals surface area contributed by atoms with E-state index in [0.717, 1.165) is 16.6 Å². The van der Waals surface area contributed by atoms with Gasteiger partial charge in [-0.2, -0.15) is 0 Å². The van der Waals surface area contributed by atoms with Crippen LogP contribution in [-0.4, -0.2) is 22.2 Å². The maximum Gasteiger partial charge on any atom is 0.161 e. The van der Waals surface area contributed by atoms with E-state index in [1.54, 1.807) is 12.1 Å². The highest BCUT2D eigenvalue weighted by molar-refractivity contribution is 5.94. The lowest BCUT2D eigenvalue weighted by molar-refractivity contribution is 0.374. The van der Waals surface area contributed by atoms with Crippen LogP contribution in [0.4, 0.5) is 5.69 Å². The number of fused-ring (bicyclic) bond motifs is 1. The number of methoxy groups -OCH3 is 1. The number of aromatic hydroxyl groups is 1. The van der Waals surface area contributed by atoms with Gasteiger partial charge in [0.15, 0.2) is 11.5 Å². The van der Waals surface area contributed by atoms with Gasteiger partial charge in [-0.25, -0.2) is 9.97 Å². The molecule has 0 saturated carbocycles. The van der Waals surface area contributed by atoms with Crippen LogP contribution in [0.25, 0.3) is 22.2 Å². The molecule has 1 aromatic heterocycles. The Hall–Kier alpha value is -2.82. The normalized spacial score (nSPS) is 10.7. The fourth-order valence-corrected chi connectivity index (χ4v) is 2.11. The Bertz CT molecular complexity index is 770. The van der Waals surface area contributed by atoms with Gasteiger partial charge in [-0.15, -0.1) is 0 Å². The van der Waals surface area contributed by atoms with Gasteiger partial charge in [0.2, 0.25) is 0 Å². The van der Waals surface area contributed by atoms with Crippen molar-refractivity contribution in [3.05, 3.63) is 42.7 Å². The summed E-state index contributed by atoms with van der Waals surface area (Å²) in [5.41, 5.74) is 8.75. The van der Waals surface area contributed by atoms with Gasteiger partial charge in [0.05, 0.1) is 18.3 Å². The monoisotopic (exact) mass is 267 g/mol. The number of hydrogen-bond acceptors (Lipinski definition) is 5. The second-order valence-electron chi connectivity index (χ2n) is 4.39. The number of anilines is 1. The van der Waals surface area contributed by atoms with E-state index < -0.39 is 0 Å². The van der Waals surface area contributed by atoms with Gasteiger partial charge in [-0.1, -0.05) is 12.1 Å². The molecule has 20 heavy (non-hydrogen) atoms. The summed E-state index contributed by atoms with van der Waals surface area (Å²) in [6.45, 7) is 0. The average molecular weight is 267 g/mol. The third kappa shape index (κ3) is 1.99. The van der Waals surface area contributed by atoms with Gasteiger partial charge in [0.1, 0.15) is 6.33 Å². The second kappa shape index (κ2) is 4.70. The van der Waals surface area contributed by atoms with E-state index in [0.29, 0.717) is 17.0 Å². The number of nitrogen functional groups attached to an aromatic ring is 1. The topological polar surface area (TPSA) is 81.3 Å². The molecule has 0 saturated heterocycles. The number of rotatable bonds is 2. The third-order valence-corrected chi connectivity index (χ3v) is 3.12. The molecule has 5 heteroatoms. The zero-order chi connectivity index (χ0) is 14.1. The van der Waals surface area contributed by atoms with Crippen molar-refractivity contribution in [1.82, 2.24) is 9.97 Å². The van der Waals surface area contributed by atoms with Crippen molar-refractivity contribution in [1.29, 1.82) is 0 Å². The Kier molecular flexibility index (Phi) is 2.87. The van der Waals surface area contributed by atoms with Crippen LogP contribution in [0, 0.1) is 0 Å². The van der Waals surface area contributed by atoms with Gasteiger partial charge in [0, 0.05) is 22.7 Å². The Balaban J connectivity index is 2.27. The molecular formula is C15H13N3O2. The average Bonchev–Trinajstić information content (AvgIpc) is 2.46. The Morgan fingerprint density at radius 1 is 1.10 bits per heavy atom. The van der Waals surface area contributed by atoms with Gasteiger partial charge >= 0.3 is 0 Å². The molecule has 3 aromatic rings. The molecule has 0 aliphatic carbocycles. The summed E-state index contributed by atoms with van der Waals surface area (Å²) in [4.78, 5) is 8.49. The van der Waals surface area contributed by atoms with Crippen molar-refractivity contribution in [3.8, 4) is 22.8 Å². The SMILES string of the molecule is COc1cc2c(-c3ccc(N)cc3)ncnc2cc1O. The zero-order valence-corrected chi connectivity index (χ0v) is 10.9. The van der Waals surface area contributed by atoms with Gasteiger partial charge in [-0.05, 0) is 18.2 Å². The van der Waals surface area contributed by atoms with E-state index in [1.807, 2.05) is 24.3 Å². The summed E-state index contributed by atoms with van der Waals surface area (Å²) in [5.74, 6) is 0.450. The maximum absolute atomic E-state index is 9.80. The summed E-state index contributed by atoms with van der Waals surface area (Å²) < 4.78 is 5.14. The number of nitrogens with zero attached hydrogens (tertiary/aromatic N) is 2. The van der Waals surface area contributed by atoms with Crippen LogP contribution in [0.15, 0.2) is 42.7 Å². The minimum atomic E-state index is 0.0574. The molecule has 2 aromatic carbocycles. The lowest BCUT2D eigenvalue weighted by Crippen LogP contribution is -1.92. The molecule has 5 nitrogen and oxygen atoms in total. The lowest BCUT2D eigenvalue weighted by Gasteiger charge is -2.09. The molecule has 0 spiro atoms. The van der Waals surface area contributed by atoms with Gasteiger partial charge in [0.25, 0.3) is 0 Å². The molecule has 3 rings (SSSR count). The van der Waals surface area contributed by atoms with E-state index in [2.05, 4.69) is 9.97 Å². The van der Waals surface area contributed by atoms with Crippen molar-refractivity contribution in [3.63, 3.8) is 0 Å². The summed E-state index contributed by atoms with van der Waals surface area (Å²) in [6.07, 6.45) is 1.47. The molecule has 0 aliphatic heterocycles. The number of ether oxygens (including phenoxy) is 1. The van der Waals surface area contributed by atoms with E-state index in [1.165, 1.54) is 13.4 Å². The first-order valence-electron chi connectivity index (χ1n) is 6.06. The number of hydrogen-bond donors (Lipinski definition) is 2. The second-order valence-corrected chi connectivity index (χ2v) is 4.39. The predicted octanol–water partition coefficient (Wildman–Crippen LogP) is 2.59. The molecule has 0 bridgehead atoms. The van der Waals surface area contributed by atoms with Crippen molar-refractivity contribution in [2.45, 2.75) is 0 Å². The van der Waals surface area contributed by atoms with E-state index in [4.69, 9.17) is 10.5 Å². The molecule has 0 amide bonds. The van der Waals surface area contributed by atoms with Crippen molar-refractivity contribution < 1.29 is 9.84 Å². The van der Waals surface area contributed by atoms with E-state index in [-0.39, 0.29) is 5.75 Å². The molecule has 0 unspecified atom stereocenters. The van der Waals surface area contributed by atoms with Crippen LogP contribution in [-0.2, 0) is 0 Å². The molecule has 100 valence electrons. The standard InChI is InChI=1S/C15H13N3O2/c1-20-14-6-11-12(7-13(14)19)17-8-18-15(11)9-2-4-10(16)5-3-9/h2-8,19H,16H2,1H3. The van der Waals surface area contributed by atoms with Crippen LogP contribution in [0.3, 0.4) is 0 Å². The molecule has 0 radical (unpaired) electrons. The van der Waals surface area contributed by atoms with Gasteiger partial charge < -0.3 is 15.6 Å². The molecule has 0 atom stereocenters. The van der Waals surface area contributed by atoms with Crippen LogP contribution < -0.4 is 10.5 Å². The lowest BCUT2D eigenvalue weighted by atomic mass is 10.1. The van der Waals surface area contributed by atoms with Crippen LogP contribution >= 0.6 is 0 Å². The zero-order valence-electron chi connectivity index (χ0n) is 10.9. The van der Waals surface area contributed by atoms with Crippen molar-refractivity contribution in [2.75, 3.05) is 12.8 Å². The minimum Gasteiger partial charge on any atom is -0.504 e. The highest BCUT2D eigenvalue weighted by atomic mass is 16.5. The predicted molar refractivity (Wildman–Crippen MR) is 77.6 cm³/mol. The van der Waals surface area contributed by atoms with Crippen molar-refractivity contribution >= 4 is 16.6 Å². The fraction of sp³-hybridized carbons (Fsp3) is 0.0667. The fourth-order valence-electron chi connectivity index (χ4n) is 2.11. The maximum atomic E-state index is 9.80. The molecular weight excluding hydrogens is 254 g/mol. The number of phenolic OH excluding ortho intramolecular Hbond substituents is 1. The smallest absolute Gasteiger partial charge is 0.161 e. The van der Waals surface area contributed by atoms with Gasteiger partial charge in [-0.3, -0.25) is 0 Å². The summed E-state index contributed by atoms with van der Waals surface area (Å²) in [6, 6.07) is 10.7. The Morgan fingerprint density at radius 2 is 1.85 bits per heavy atom. The quantitative estimate of drug-likeness (QED) is 0.697. The Labute approximate surface area is 115 Å². The summed E-state index contributed by atoms with van der Waals surface area (Å²) >= 11 is 0. The first-order valence-corrected chi connectivity index (χ1v) is 6.06. The largest absolute Gasteiger partial charge is 0.504 e. The third-order valence-electron chi connectivity index (χ3n) is 3.12. The highest BCUT2D eigenvalue weighted by Crippen LogP contribution is 2.34. The molecule has 3 N–H and O–H groups in total. The minimum absolute atomic E-state index is 0.0574. The van der Waals surface area contributed by atoms with Crippen LogP contribution in [0.1, 0.15) is 0 Å². The van der Waals surface area contributed by atoms with Crippen molar-refractivity contribution in [2.24, 2.45) is 0 Å². The first kappa shape index (κ1) is 12.2. The van der Waals surface area contributed by atoms with E-state index >= 15 is 0 Å². The first-order chi connectivity index (χ1) is 9.69. The summed E-state index contributed by atoms with van der Waals surface area (Å²) in [5, 5.41) is 10.6. The van der Waals surface area contributed by atoms with E-state index in [9.17, 15) is 5.11 Å². The molecule has 1 heterocycles. The summed E-state index contributed by atoms with van der Waals surface area (Å²) in [7, 11) is 1.51. The van der Waals surface area contributed by atoms with Crippen LogP contribution in [0.2, 0.25) is 0 Å².